The number of rotatable bonds is 3. The molecule has 10 heavy (non-hydrogen) atoms. The number of esters is 1. The van der Waals surface area contributed by atoms with Crippen LogP contribution in [0.25, 0.3) is 0 Å². The first-order valence-electron chi connectivity index (χ1n) is 2.51. The van der Waals surface area contributed by atoms with E-state index in [2.05, 4.69) is 20.7 Å². The molecule has 4 nitrogen and oxygen atoms in total. The fourth-order valence-corrected chi connectivity index (χ4v) is 0.828. The van der Waals surface area contributed by atoms with Crippen molar-refractivity contribution >= 4 is 27.9 Å². The van der Waals surface area contributed by atoms with E-state index in [0.29, 0.717) is 0 Å². The molecule has 0 aliphatic heterocycles. The van der Waals surface area contributed by atoms with Gasteiger partial charge >= 0.3 is 11.9 Å². The summed E-state index contributed by atoms with van der Waals surface area (Å²) < 4.78 is 4.26. The molecule has 0 aromatic heterocycles. The third-order valence-electron chi connectivity index (χ3n) is 0.811. The van der Waals surface area contributed by atoms with E-state index in [1.807, 2.05) is 0 Å². The molecule has 0 fully saturated rings. The Labute approximate surface area is 66.3 Å². The second kappa shape index (κ2) is 4.27. The van der Waals surface area contributed by atoms with Crippen LogP contribution in [0.5, 0.6) is 0 Å². The number of carboxylic acid groups (broad SMARTS) is 1. The van der Waals surface area contributed by atoms with Crippen LogP contribution < -0.4 is 0 Å². The second-order valence-corrected chi connectivity index (χ2v) is 2.69. The van der Waals surface area contributed by atoms with E-state index in [4.69, 9.17) is 5.11 Å². The van der Waals surface area contributed by atoms with Crippen LogP contribution in [-0.2, 0) is 14.3 Å². The molecule has 0 aliphatic rings. The highest BCUT2D eigenvalue weighted by atomic mass is 79.9. The molecule has 0 unspecified atom stereocenters. The Kier molecular flexibility index (Phi) is 4.02. The standard InChI is InChI=1S/C5H7BrO4/c1-10-5(9)3(6)2-4(7)8/h3H,2H2,1H3,(H,7,8)/t3-/m1/s1. The molecule has 5 heteroatoms. The average molecular weight is 211 g/mol. The lowest BCUT2D eigenvalue weighted by Gasteiger charge is -2.02. The van der Waals surface area contributed by atoms with Crippen LogP contribution in [-0.4, -0.2) is 29.0 Å². The Morgan fingerprint density at radius 1 is 1.70 bits per heavy atom. The summed E-state index contributed by atoms with van der Waals surface area (Å²) in [6.45, 7) is 0. The highest BCUT2D eigenvalue weighted by molar-refractivity contribution is 9.10. The molecule has 0 aromatic carbocycles. The van der Waals surface area contributed by atoms with Gasteiger partial charge in [0.05, 0.1) is 13.5 Å². The quantitative estimate of drug-likeness (QED) is 0.542. The van der Waals surface area contributed by atoms with E-state index < -0.39 is 16.8 Å². The lowest BCUT2D eigenvalue weighted by molar-refractivity contribution is -0.144. The van der Waals surface area contributed by atoms with E-state index in [9.17, 15) is 9.59 Å². The van der Waals surface area contributed by atoms with Gasteiger partial charge in [-0.25, -0.2) is 0 Å². The molecule has 0 heterocycles. The number of halogens is 1. The largest absolute Gasteiger partial charge is 0.481 e. The maximum atomic E-state index is 10.5. The number of hydrogen-bond acceptors (Lipinski definition) is 3. The molecule has 1 N–H and O–H groups in total. The van der Waals surface area contributed by atoms with Gasteiger partial charge in [-0.05, 0) is 0 Å². The maximum Gasteiger partial charge on any atom is 0.320 e. The zero-order chi connectivity index (χ0) is 8.15. The highest BCUT2D eigenvalue weighted by Gasteiger charge is 2.17. The second-order valence-electron chi connectivity index (χ2n) is 1.59. The molecule has 0 rings (SSSR count). The maximum absolute atomic E-state index is 10.5. The monoisotopic (exact) mass is 210 g/mol. The first-order chi connectivity index (χ1) is 4.57. The first-order valence-corrected chi connectivity index (χ1v) is 3.43. The fraction of sp³-hybridized carbons (Fsp3) is 0.600. The van der Waals surface area contributed by atoms with Gasteiger partial charge in [0.15, 0.2) is 0 Å². The SMILES string of the molecule is COC(=O)[C@H](Br)CC(=O)O. The van der Waals surface area contributed by atoms with E-state index in [0.717, 1.165) is 0 Å². The summed E-state index contributed by atoms with van der Waals surface area (Å²) in [4.78, 5) is 19.8. The molecule has 0 radical (unpaired) electrons. The molecule has 0 aromatic rings. The summed E-state index contributed by atoms with van der Waals surface area (Å²) in [7, 11) is 1.21. The van der Waals surface area contributed by atoms with Crippen LogP contribution in [0, 0.1) is 0 Å². The Hall–Kier alpha value is -0.580. The van der Waals surface area contributed by atoms with Crippen LogP contribution in [0.4, 0.5) is 0 Å². The summed E-state index contributed by atoms with van der Waals surface area (Å²) >= 11 is 2.85. The topological polar surface area (TPSA) is 63.6 Å². The summed E-state index contributed by atoms with van der Waals surface area (Å²) in [5, 5.41) is 8.19. The van der Waals surface area contributed by atoms with Crippen molar-refractivity contribution in [2.75, 3.05) is 7.11 Å². The van der Waals surface area contributed by atoms with Crippen LogP contribution in [0.1, 0.15) is 6.42 Å². The molecule has 0 bridgehead atoms. The van der Waals surface area contributed by atoms with Crippen molar-refractivity contribution in [2.24, 2.45) is 0 Å². The van der Waals surface area contributed by atoms with Gasteiger partial charge in [0.2, 0.25) is 0 Å². The zero-order valence-electron chi connectivity index (χ0n) is 5.33. The average Bonchev–Trinajstić information content (AvgIpc) is 1.85. The van der Waals surface area contributed by atoms with E-state index >= 15 is 0 Å². The molecule has 0 amide bonds. The van der Waals surface area contributed by atoms with Gasteiger partial charge in [-0.2, -0.15) is 0 Å². The summed E-state index contributed by atoms with van der Waals surface area (Å²) in [6.07, 6.45) is -0.257. The van der Waals surface area contributed by atoms with Gasteiger partial charge in [0, 0.05) is 0 Å². The van der Waals surface area contributed by atoms with Gasteiger partial charge < -0.3 is 9.84 Å². The minimum atomic E-state index is -1.03. The van der Waals surface area contributed by atoms with Crippen molar-refractivity contribution in [3.05, 3.63) is 0 Å². The smallest absolute Gasteiger partial charge is 0.320 e. The number of methoxy groups -OCH3 is 1. The number of alkyl halides is 1. The molecule has 58 valence electrons. The number of carbonyl (C=O) groups excluding carboxylic acids is 1. The summed E-state index contributed by atoms with van der Waals surface area (Å²) in [5.41, 5.74) is 0. The van der Waals surface area contributed by atoms with Crippen molar-refractivity contribution in [1.29, 1.82) is 0 Å². The van der Waals surface area contributed by atoms with Crippen molar-refractivity contribution in [3.63, 3.8) is 0 Å². The molecule has 1 atom stereocenters. The predicted octanol–water partition coefficient (Wildman–Crippen LogP) is 0.398. The normalized spacial score (nSPS) is 12.2. The van der Waals surface area contributed by atoms with Gasteiger partial charge in [0.1, 0.15) is 4.83 Å². The van der Waals surface area contributed by atoms with Crippen molar-refractivity contribution in [2.45, 2.75) is 11.2 Å². The van der Waals surface area contributed by atoms with E-state index in [-0.39, 0.29) is 6.42 Å². The Balaban J connectivity index is 3.72. The third kappa shape index (κ3) is 3.45. The fourth-order valence-electron chi connectivity index (χ4n) is 0.365. The lowest BCUT2D eigenvalue weighted by atomic mass is 10.3. The number of ether oxygens (including phenoxy) is 1. The van der Waals surface area contributed by atoms with Gasteiger partial charge in [-0.15, -0.1) is 0 Å². The predicted molar refractivity (Wildman–Crippen MR) is 37.0 cm³/mol. The zero-order valence-corrected chi connectivity index (χ0v) is 6.92. The van der Waals surface area contributed by atoms with Crippen LogP contribution >= 0.6 is 15.9 Å². The van der Waals surface area contributed by atoms with E-state index in [1.165, 1.54) is 7.11 Å². The number of hydrogen-bond donors (Lipinski definition) is 1. The molecule has 0 saturated carbocycles. The Morgan fingerprint density at radius 2 is 2.20 bits per heavy atom. The number of aliphatic carboxylic acids is 1. The number of carboxylic acids is 1. The van der Waals surface area contributed by atoms with Crippen LogP contribution in [0.15, 0.2) is 0 Å². The van der Waals surface area contributed by atoms with Gasteiger partial charge in [-0.3, -0.25) is 9.59 Å². The summed E-state index contributed by atoms with van der Waals surface area (Å²) in [5.74, 6) is -1.60. The number of carbonyl (C=O) groups is 2. The minimum Gasteiger partial charge on any atom is -0.481 e. The Morgan fingerprint density at radius 3 is 2.50 bits per heavy atom. The van der Waals surface area contributed by atoms with Crippen LogP contribution in [0.3, 0.4) is 0 Å². The van der Waals surface area contributed by atoms with Gasteiger partial charge in [-0.1, -0.05) is 15.9 Å². The van der Waals surface area contributed by atoms with E-state index in [1.54, 1.807) is 0 Å². The molecule has 0 aliphatic carbocycles. The van der Waals surface area contributed by atoms with Crippen LogP contribution in [0.2, 0.25) is 0 Å². The first kappa shape index (κ1) is 9.42. The molecule has 0 saturated heterocycles. The Bertz CT molecular complexity index is 145. The highest BCUT2D eigenvalue weighted by Crippen LogP contribution is 2.06. The van der Waals surface area contributed by atoms with Crippen molar-refractivity contribution < 1.29 is 19.4 Å². The molecular formula is C5H7BrO4. The minimum absolute atomic E-state index is 0.257. The van der Waals surface area contributed by atoms with Crippen molar-refractivity contribution in [1.82, 2.24) is 0 Å². The molecule has 0 spiro atoms. The summed E-state index contributed by atoms with van der Waals surface area (Å²) in [6, 6.07) is 0. The molecular weight excluding hydrogens is 204 g/mol. The third-order valence-corrected chi connectivity index (χ3v) is 1.51. The lowest BCUT2D eigenvalue weighted by Crippen LogP contribution is -2.18. The van der Waals surface area contributed by atoms with Gasteiger partial charge in [0.25, 0.3) is 0 Å². The van der Waals surface area contributed by atoms with Crippen molar-refractivity contribution in [3.8, 4) is 0 Å².